The van der Waals surface area contributed by atoms with E-state index in [4.69, 9.17) is 11.0 Å². The van der Waals surface area contributed by atoms with Gasteiger partial charge in [0.1, 0.15) is 5.82 Å². The smallest absolute Gasteiger partial charge is 0.145 e. The molecule has 0 aromatic carbocycles. The Labute approximate surface area is 65.2 Å². The van der Waals surface area contributed by atoms with E-state index in [9.17, 15) is 0 Å². The maximum atomic E-state index is 8.30. The van der Waals surface area contributed by atoms with Crippen molar-refractivity contribution in [1.29, 1.82) is 5.26 Å². The van der Waals surface area contributed by atoms with Gasteiger partial charge < -0.3 is 5.73 Å². The normalized spacial score (nSPS) is 9.45. The molecule has 0 aliphatic carbocycles. The molecule has 4 heteroatoms. The second kappa shape index (κ2) is 3.06. The summed E-state index contributed by atoms with van der Waals surface area (Å²) in [6.45, 7) is 2.54. The zero-order valence-corrected chi connectivity index (χ0v) is 6.41. The SMILES string of the molecule is Cc1cc(N)nn1CCC#N. The van der Waals surface area contributed by atoms with Gasteiger partial charge in [-0.05, 0) is 6.92 Å². The van der Waals surface area contributed by atoms with E-state index in [0.29, 0.717) is 18.8 Å². The van der Waals surface area contributed by atoms with Crippen molar-refractivity contribution >= 4 is 5.82 Å². The van der Waals surface area contributed by atoms with Gasteiger partial charge in [-0.2, -0.15) is 10.4 Å². The van der Waals surface area contributed by atoms with Crippen LogP contribution >= 0.6 is 0 Å². The highest BCUT2D eigenvalue weighted by Gasteiger charge is 1.98. The zero-order valence-electron chi connectivity index (χ0n) is 6.41. The van der Waals surface area contributed by atoms with Crippen LogP contribution in [0.2, 0.25) is 0 Å². The minimum absolute atomic E-state index is 0.474. The lowest BCUT2D eigenvalue weighted by Gasteiger charge is -1.97. The van der Waals surface area contributed by atoms with E-state index in [1.165, 1.54) is 0 Å². The second-order valence-electron chi connectivity index (χ2n) is 2.34. The van der Waals surface area contributed by atoms with E-state index in [1.807, 2.05) is 6.92 Å². The molecule has 0 amide bonds. The molecule has 0 unspecified atom stereocenters. The molecule has 2 N–H and O–H groups in total. The van der Waals surface area contributed by atoms with Crippen LogP contribution in [0.5, 0.6) is 0 Å². The summed E-state index contributed by atoms with van der Waals surface area (Å²) >= 11 is 0. The Morgan fingerprint density at radius 3 is 3.00 bits per heavy atom. The van der Waals surface area contributed by atoms with Gasteiger partial charge in [0.2, 0.25) is 0 Å². The van der Waals surface area contributed by atoms with Crippen molar-refractivity contribution in [2.75, 3.05) is 5.73 Å². The van der Waals surface area contributed by atoms with Gasteiger partial charge in [-0.1, -0.05) is 0 Å². The molecule has 0 radical (unpaired) electrons. The first kappa shape index (κ1) is 7.61. The molecular formula is C7H10N4. The first-order chi connectivity index (χ1) is 5.24. The minimum atomic E-state index is 0.474. The quantitative estimate of drug-likeness (QED) is 0.674. The summed E-state index contributed by atoms with van der Waals surface area (Å²) in [5, 5.41) is 12.3. The molecule has 0 atom stereocenters. The van der Waals surface area contributed by atoms with Crippen LogP contribution in [0, 0.1) is 18.3 Å². The summed E-state index contributed by atoms with van der Waals surface area (Å²) in [6, 6.07) is 3.84. The fourth-order valence-electron chi connectivity index (χ4n) is 0.918. The van der Waals surface area contributed by atoms with Crippen LogP contribution in [0.25, 0.3) is 0 Å². The average Bonchev–Trinajstić information content (AvgIpc) is 2.26. The van der Waals surface area contributed by atoms with Crippen molar-refractivity contribution in [3.8, 4) is 6.07 Å². The number of hydrogen-bond donors (Lipinski definition) is 1. The van der Waals surface area contributed by atoms with Gasteiger partial charge in [-0.25, -0.2) is 0 Å². The van der Waals surface area contributed by atoms with Crippen molar-refractivity contribution in [3.05, 3.63) is 11.8 Å². The molecule has 1 rings (SSSR count). The summed E-state index contributed by atoms with van der Waals surface area (Å²) in [5.41, 5.74) is 6.43. The first-order valence-electron chi connectivity index (χ1n) is 3.41. The van der Waals surface area contributed by atoms with E-state index in [-0.39, 0.29) is 0 Å². The number of anilines is 1. The van der Waals surface area contributed by atoms with Crippen LogP contribution in [0.4, 0.5) is 5.82 Å². The molecule has 0 aliphatic heterocycles. The van der Waals surface area contributed by atoms with Crippen molar-refractivity contribution in [2.45, 2.75) is 19.9 Å². The lowest BCUT2D eigenvalue weighted by atomic mass is 10.4. The Kier molecular flexibility index (Phi) is 2.12. The van der Waals surface area contributed by atoms with Crippen molar-refractivity contribution < 1.29 is 0 Å². The van der Waals surface area contributed by atoms with Crippen LogP contribution in [0.1, 0.15) is 12.1 Å². The number of nitriles is 1. The van der Waals surface area contributed by atoms with E-state index < -0.39 is 0 Å². The Balaban J connectivity index is 2.71. The zero-order chi connectivity index (χ0) is 8.27. The third-order valence-electron chi connectivity index (χ3n) is 1.44. The van der Waals surface area contributed by atoms with Gasteiger partial charge in [0.15, 0.2) is 0 Å². The highest BCUT2D eigenvalue weighted by molar-refractivity contribution is 5.28. The second-order valence-corrected chi connectivity index (χ2v) is 2.34. The Hall–Kier alpha value is -1.50. The fraction of sp³-hybridized carbons (Fsp3) is 0.429. The maximum absolute atomic E-state index is 8.30. The molecule has 11 heavy (non-hydrogen) atoms. The van der Waals surface area contributed by atoms with E-state index in [0.717, 1.165) is 5.69 Å². The van der Waals surface area contributed by atoms with Gasteiger partial charge >= 0.3 is 0 Å². The van der Waals surface area contributed by atoms with E-state index in [2.05, 4.69) is 11.2 Å². The number of aromatic nitrogens is 2. The van der Waals surface area contributed by atoms with Gasteiger partial charge in [0.25, 0.3) is 0 Å². The first-order valence-corrected chi connectivity index (χ1v) is 3.41. The molecular weight excluding hydrogens is 140 g/mol. The summed E-state index contributed by atoms with van der Waals surface area (Å²) in [7, 11) is 0. The average molecular weight is 150 g/mol. The van der Waals surface area contributed by atoms with Crippen molar-refractivity contribution in [1.82, 2.24) is 9.78 Å². The summed E-state index contributed by atoms with van der Waals surface area (Å²) in [6.07, 6.45) is 0.474. The number of nitrogens with two attached hydrogens (primary N) is 1. The molecule has 0 saturated heterocycles. The minimum Gasteiger partial charge on any atom is -0.382 e. The number of hydrogen-bond acceptors (Lipinski definition) is 3. The molecule has 0 aliphatic rings. The molecule has 1 aromatic rings. The molecule has 1 aromatic heterocycles. The van der Waals surface area contributed by atoms with E-state index >= 15 is 0 Å². The maximum Gasteiger partial charge on any atom is 0.145 e. The topological polar surface area (TPSA) is 67.6 Å². The van der Waals surface area contributed by atoms with Crippen LogP contribution in [0.3, 0.4) is 0 Å². The summed E-state index contributed by atoms with van der Waals surface area (Å²) < 4.78 is 1.73. The van der Waals surface area contributed by atoms with Gasteiger partial charge in [-0.15, -0.1) is 0 Å². The van der Waals surface area contributed by atoms with Gasteiger partial charge in [0.05, 0.1) is 19.0 Å². The highest BCUT2D eigenvalue weighted by Crippen LogP contribution is 2.04. The van der Waals surface area contributed by atoms with Crippen molar-refractivity contribution in [3.63, 3.8) is 0 Å². The van der Waals surface area contributed by atoms with Crippen molar-refractivity contribution in [2.24, 2.45) is 0 Å². The molecule has 0 spiro atoms. The lowest BCUT2D eigenvalue weighted by molar-refractivity contribution is 0.612. The third kappa shape index (κ3) is 1.71. The molecule has 1 heterocycles. The van der Waals surface area contributed by atoms with Gasteiger partial charge in [-0.3, -0.25) is 4.68 Å². The Bertz CT molecular complexity index is 281. The number of rotatable bonds is 2. The Morgan fingerprint density at radius 2 is 2.55 bits per heavy atom. The Morgan fingerprint density at radius 1 is 1.82 bits per heavy atom. The molecule has 0 bridgehead atoms. The van der Waals surface area contributed by atoms with Gasteiger partial charge in [0, 0.05) is 11.8 Å². The van der Waals surface area contributed by atoms with Crippen LogP contribution in [-0.2, 0) is 6.54 Å². The number of nitrogen functional groups attached to an aromatic ring is 1. The van der Waals surface area contributed by atoms with Crippen LogP contribution < -0.4 is 5.73 Å². The lowest BCUT2D eigenvalue weighted by Crippen LogP contribution is -2.01. The largest absolute Gasteiger partial charge is 0.382 e. The standard InChI is InChI=1S/C7H10N4/c1-6-5-7(9)10-11(6)4-2-3-8/h5H,2,4H2,1H3,(H2,9,10). The van der Waals surface area contributed by atoms with Crippen LogP contribution in [0.15, 0.2) is 6.07 Å². The predicted octanol–water partition coefficient (Wildman–Crippen LogP) is 0.687. The summed E-state index contributed by atoms with van der Waals surface area (Å²) in [4.78, 5) is 0. The molecule has 4 nitrogen and oxygen atoms in total. The predicted molar refractivity (Wildman–Crippen MR) is 41.6 cm³/mol. The fourth-order valence-corrected chi connectivity index (χ4v) is 0.918. The number of nitrogens with zero attached hydrogens (tertiary/aromatic N) is 3. The third-order valence-corrected chi connectivity index (χ3v) is 1.44. The van der Waals surface area contributed by atoms with Crippen LogP contribution in [-0.4, -0.2) is 9.78 Å². The number of aryl methyl sites for hydroxylation is 2. The molecule has 0 saturated carbocycles. The van der Waals surface area contributed by atoms with E-state index in [1.54, 1.807) is 10.7 Å². The molecule has 58 valence electrons. The molecule has 0 fully saturated rings. The highest BCUT2D eigenvalue weighted by atomic mass is 15.3. The monoisotopic (exact) mass is 150 g/mol. The summed E-state index contributed by atoms with van der Waals surface area (Å²) in [5.74, 6) is 0.514.